The Morgan fingerprint density at radius 3 is 2.59 bits per heavy atom. The molecule has 1 aromatic carbocycles. The standard InChI is InChI=1S/C24H26BrClN6O2/c25-20-21(30-31-22(20)29-23(33)18-3-1-2-4-19(18)26)24(34)28-12-7-16-8-13-32(14-9-16)15-17-5-10-27-11-6-17/h1-6,10-11,16H,7-9,12-15H2,(H,28,34)(H2,29,30,31,33). The molecule has 0 spiro atoms. The summed E-state index contributed by atoms with van der Waals surface area (Å²) in [5.74, 6) is 0.201. The smallest absolute Gasteiger partial charge is 0.273 e. The molecule has 8 nitrogen and oxygen atoms in total. The Labute approximate surface area is 211 Å². The van der Waals surface area contributed by atoms with Crippen molar-refractivity contribution in [3.63, 3.8) is 0 Å². The van der Waals surface area contributed by atoms with E-state index < -0.39 is 5.91 Å². The highest BCUT2D eigenvalue weighted by molar-refractivity contribution is 9.10. The topological polar surface area (TPSA) is 103 Å². The molecule has 1 fully saturated rings. The fourth-order valence-electron chi connectivity index (χ4n) is 4.04. The van der Waals surface area contributed by atoms with Gasteiger partial charge in [0.25, 0.3) is 11.8 Å². The van der Waals surface area contributed by atoms with Crippen molar-refractivity contribution in [2.45, 2.75) is 25.8 Å². The van der Waals surface area contributed by atoms with Crippen molar-refractivity contribution in [2.75, 3.05) is 25.0 Å². The van der Waals surface area contributed by atoms with E-state index in [1.807, 2.05) is 12.4 Å². The Morgan fingerprint density at radius 2 is 1.85 bits per heavy atom. The highest BCUT2D eigenvalue weighted by Gasteiger charge is 2.22. The molecule has 0 bridgehead atoms. The number of nitrogens with zero attached hydrogens (tertiary/aromatic N) is 3. The van der Waals surface area contributed by atoms with E-state index in [-0.39, 0.29) is 11.6 Å². The first-order valence-corrected chi connectivity index (χ1v) is 12.4. The van der Waals surface area contributed by atoms with Gasteiger partial charge in [-0.15, -0.1) is 0 Å². The van der Waals surface area contributed by atoms with E-state index >= 15 is 0 Å². The molecule has 2 aromatic heterocycles. The third-order valence-electron chi connectivity index (χ3n) is 5.98. The largest absolute Gasteiger partial charge is 0.351 e. The van der Waals surface area contributed by atoms with E-state index in [4.69, 9.17) is 11.6 Å². The molecule has 178 valence electrons. The van der Waals surface area contributed by atoms with Crippen LogP contribution < -0.4 is 10.6 Å². The number of carbonyl (C=O) groups excluding carboxylic acids is 2. The average molecular weight is 546 g/mol. The molecule has 0 atom stereocenters. The van der Waals surface area contributed by atoms with Crippen molar-refractivity contribution < 1.29 is 9.59 Å². The Balaban J connectivity index is 1.22. The molecule has 0 radical (unpaired) electrons. The summed E-state index contributed by atoms with van der Waals surface area (Å²) in [7, 11) is 0. The normalized spacial score (nSPS) is 14.6. The molecular weight excluding hydrogens is 520 g/mol. The predicted octanol–water partition coefficient (Wildman–Crippen LogP) is 4.51. The maximum atomic E-state index is 12.6. The molecule has 10 heteroatoms. The number of benzene rings is 1. The molecule has 0 saturated carbocycles. The SMILES string of the molecule is O=C(Nc1[nH]nc(C(=O)NCCC2CCN(Cc3ccncc3)CC2)c1Br)c1ccccc1Cl. The van der Waals surface area contributed by atoms with Gasteiger partial charge in [0.15, 0.2) is 5.69 Å². The number of hydrogen-bond donors (Lipinski definition) is 3. The molecule has 0 unspecified atom stereocenters. The zero-order chi connectivity index (χ0) is 23.9. The summed E-state index contributed by atoms with van der Waals surface area (Å²) in [6, 6.07) is 10.9. The van der Waals surface area contributed by atoms with Gasteiger partial charge in [-0.25, -0.2) is 0 Å². The van der Waals surface area contributed by atoms with Crippen LogP contribution in [-0.4, -0.2) is 51.5 Å². The summed E-state index contributed by atoms with van der Waals surface area (Å²) in [6.45, 7) is 3.64. The molecule has 0 aliphatic carbocycles. The third kappa shape index (κ3) is 6.22. The first kappa shape index (κ1) is 24.4. The number of halogens is 2. The zero-order valence-corrected chi connectivity index (χ0v) is 20.9. The van der Waals surface area contributed by atoms with Gasteiger partial charge in [-0.05, 0) is 84.0 Å². The fourth-order valence-corrected chi connectivity index (χ4v) is 4.72. The molecular formula is C24H26BrClN6O2. The van der Waals surface area contributed by atoms with Crippen LogP contribution in [0.4, 0.5) is 5.82 Å². The number of likely N-dealkylation sites (tertiary alicyclic amines) is 1. The van der Waals surface area contributed by atoms with Gasteiger partial charge in [0.1, 0.15) is 5.82 Å². The number of H-pyrrole nitrogens is 1. The van der Waals surface area contributed by atoms with E-state index in [0.29, 0.717) is 33.3 Å². The molecule has 4 rings (SSSR count). The molecule has 1 saturated heterocycles. The molecule has 1 aliphatic rings. The van der Waals surface area contributed by atoms with E-state index in [2.05, 4.69) is 58.8 Å². The summed E-state index contributed by atoms with van der Waals surface area (Å²) in [4.78, 5) is 31.6. The number of aromatic nitrogens is 3. The molecule has 34 heavy (non-hydrogen) atoms. The number of carbonyl (C=O) groups is 2. The quantitative estimate of drug-likeness (QED) is 0.387. The molecule has 3 heterocycles. The lowest BCUT2D eigenvalue weighted by atomic mass is 9.93. The second-order valence-electron chi connectivity index (χ2n) is 8.31. The minimum absolute atomic E-state index is 0.196. The van der Waals surface area contributed by atoms with E-state index in [1.54, 1.807) is 24.3 Å². The van der Waals surface area contributed by atoms with Gasteiger partial charge in [-0.3, -0.25) is 24.6 Å². The lowest BCUT2D eigenvalue weighted by molar-refractivity contribution is 0.0941. The van der Waals surface area contributed by atoms with Crippen LogP contribution in [0.1, 0.15) is 45.7 Å². The molecule has 3 aromatic rings. The summed E-state index contributed by atoms with van der Waals surface area (Å²) in [5, 5.41) is 12.7. The number of aromatic amines is 1. The number of anilines is 1. The van der Waals surface area contributed by atoms with Crippen LogP contribution in [-0.2, 0) is 6.54 Å². The zero-order valence-electron chi connectivity index (χ0n) is 18.6. The minimum atomic E-state index is -0.391. The van der Waals surface area contributed by atoms with Gasteiger partial charge >= 0.3 is 0 Å². The van der Waals surface area contributed by atoms with Gasteiger partial charge in [0.2, 0.25) is 0 Å². The van der Waals surface area contributed by atoms with Crippen LogP contribution in [0.3, 0.4) is 0 Å². The van der Waals surface area contributed by atoms with Crippen LogP contribution in [0.5, 0.6) is 0 Å². The summed E-state index contributed by atoms with van der Waals surface area (Å²) in [6.07, 6.45) is 6.82. The van der Waals surface area contributed by atoms with Crippen LogP contribution in [0.25, 0.3) is 0 Å². The summed E-state index contributed by atoms with van der Waals surface area (Å²) >= 11 is 9.44. The number of pyridine rings is 1. The van der Waals surface area contributed by atoms with Gasteiger partial charge in [-0.2, -0.15) is 5.10 Å². The number of rotatable bonds is 8. The van der Waals surface area contributed by atoms with Crippen molar-refractivity contribution in [3.05, 3.63) is 75.1 Å². The second kappa shape index (κ2) is 11.6. The highest BCUT2D eigenvalue weighted by Crippen LogP contribution is 2.26. The van der Waals surface area contributed by atoms with Gasteiger partial charge in [0.05, 0.1) is 15.1 Å². The number of amides is 2. The van der Waals surface area contributed by atoms with Crippen molar-refractivity contribution in [1.29, 1.82) is 0 Å². The minimum Gasteiger partial charge on any atom is -0.351 e. The molecule has 2 amide bonds. The summed E-state index contributed by atoms with van der Waals surface area (Å²) < 4.78 is 0.398. The van der Waals surface area contributed by atoms with E-state index in [9.17, 15) is 9.59 Å². The van der Waals surface area contributed by atoms with Crippen LogP contribution in [0.2, 0.25) is 5.02 Å². The Morgan fingerprint density at radius 1 is 1.12 bits per heavy atom. The maximum absolute atomic E-state index is 12.6. The fraction of sp³-hybridized carbons (Fsp3) is 0.333. The first-order valence-electron chi connectivity index (χ1n) is 11.2. The van der Waals surface area contributed by atoms with Gasteiger partial charge in [0, 0.05) is 25.5 Å². The van der Waals surface area contributed by atoms with Crippen LogP contribution in [0, 0.1) is 5.92 Å². The lowest BCUT2D eigenvalue weighted by Gasteiger charge is -2.32. The number of piperidine rings is 1. The van der Waals surface area contributed by atoms with Crippen molar-refractivity contribution >= 4 is 45.2 Å². The highest BCUT2D eigenvalue weighted by atomic mass is 79.9. The Bertz CT molecular complexity index is 1130. The lowest BCUT2D eigenvalue weighted by Crippen LogP contribution is -2.35. The third-order valence-corrected chi connectivity index (χ3v) is 7.08. The van der Waals surface area contributed by atoms with Crippen molar-refractivity contribution in [3.8, 4) is 0 Å². The monoisotopic (exact) mass is 544 g/mol. The number of hydrogen-bond acceptors (Lipinski definition) is 5. The Hall–Kier alpha value is -2.75. The van der Waals surface area contributed by atoms with Gasteiger partial charge < -0.3 is 10.6 Å². The maximum Gasteiger partial charge on any atom is 0.273 e. The molecule has 1 aliphatic heterocycles. The van der Waals surface area contributed by atoms with E-state index in [0.717, 1.165) is 38.9 Å². The first-order chi connectivity index (χ1) is 16.5. The number of nitrogens with one attached hydrogen (secondary N) is 3. The van der Waals surface area contributed by atoms with Crippen LogP contribution in [0.15, 0.2) is 53.3 Å². The van der Waals surface area contributed by atoms with Crippen molar-refractivity contribution in [2.24, 2.45) is 5.92 Å². The average Bonchev–Trinajstić information content (AvgIpc) is 3.21. The summed E-state index contributed by atoms with van der Waals surface area (Å²) in [5.41, 5.74) is 1.82. The Kier molecular flexibility index (Phi) is 8.31. The second-order valence-corrected chi connectivity index (χ2v) is 9.51. The van der Waals surface area contributed by atoms with Crippen molar-refractivity contribution in [1.82, 2.24) is 25.4 Å². The van der Waals surface area contributed by atoms with Gasteiger partial charge in [-0.1, -0.05) is 23.7 Å². The van der Waals surface area contributed by atoms with Crippen LogP contribution >= 0.6 is 27.5 Å². The van der Waals surface area contributed by atoms with E-state index in [1.165, 1.54) is 5.56 Å². The predicted molar refractivity (Wildman–Crippen MR) is 135 cm³/mol. The molecule has 3 N–H and O–H groups in total.